The molecule has 0 aliphatic carbocycles. The van der Waals surface area contributed by atoms with Gasteiger partial charge in [0.2, 0.25) is 0 Å². The van der Waals surface area contributed by atoms with Crippen LogP contribution in [-0.2, 0) is 14.0 Å². The molecule has 1 amide bonds. The Morgan fingerprint density at radius 3 is 2.45 bits per heavy atom. The maximum absolute atomic E-state index is 13.1. The van der Waals surface area contributed by atoms with Crippen LogP contribution in [-0.4, -0.2) is 71.9 Å². The third-order valence-corrected chi connectivity index (χ3v) is 10.7. The molecule has 2 rings (SSSR count). The van der Waals surface area contributed by atoms with Crippen LogP contribution in [0.15, 0.2) is 15.8 Å². The van der Waals surface area contributed by atoms with Crippen molar-refractivity contribution in [3.63, 3.8) is 0 Å². The van der Waals surface area contributed by atoms with Crippen LogP contribution in [0.4, 0.5) is 13.2 Å². The van der Waals surface area contributed by atoms with Crippen LogP contribution >= 0.6 is 0 Å². The quantitative estimate of drug-likeness (QED) is 0.559. The predicted octanol–water partition coefficient (Wildman–Crippen LogP) is 1.91. The Morgan fingerprint density at radius 1 is 1.33 bits per heavy atom. The van der Waals surface area contributed by atoms with Crippen LogP contribution in [0.2, 0.25) is 18.1 Å². The molecule has 0 spiro atoms. The van der Waals surface area contributed by atoms with Crippen LogP contribution in [0.25, 0.3) is 0 Å². The first-order valence-electron chi connectivity index (χ1n) is 10.6. The monoisotopic (exact) mass is 495 g/mol. The normalized spacial score (nSPS) is 21.9. The molecule has 1 aliphatic heterocycles. The lowest BCUT2D eigenvalue weighted by molar-refractivity contribution is -0.188. The second kappa shape index (κ2) is 9.72. The first-order valence-corrected chi connectivity index (χ1v) is 13.5. The van der Waals surface area contributed by atoms with E-state index in [4.69, 9.17) is 9.16 Å². The largest absolute Gasteiger partial charge is 0.471 e. The number of aryl methyl sites for hydroxylation is 1. The van der Waals surface area contributed by atoms with E-state index in [-0.39, 0.29) is 17.0 Å². The molecule has 1 aliphatic rings. The number of carbonyl (C=O) groups excluding carboxylic acids is 1. The summed E-state index contributed by atoms with van der Waals surface area (Å²) in [5.74, 6) is -2.09. The standard InChI is InChI=1S/C20H32F3N3O6Si/c1-12-10-26(18(30)24-16(12)28)15-9-13(32-33(5,6)19(2,3)4)14(31-15)11-25(7-8-27)17(29)20(21,22)23/h10,13-15,27H,7-9,11H2,1-6H3,(H,24,28,30)/t13-,14+,15+/m0/s1. The van der Waals surface area contributed by atoms with E-state index in [1.54, 1.807) is 0 Å². The highest BCUT2D eigenvalue weighted by Gasteiger charge is 2.48. The zero-order valence-corrected chi connectivity index (χ0v) is 20.7. The smallest absolute Gasteiger partial charge is 0.411 e. The zero-order valence-electron chi connectivity index (χ0n) is 19.7. The molecular formula is C20H32F3N3O6Si. The van der Waals surface area contributed by atoms with E-state index in [0.717, 1.165) is 0 Å². The maximum atomic E-state index is 13.1. The number of carbonyl (C=O) groups is 1. The van der Waals surface area contributed by atoms with Crippen molar-refractivity contribution in [2.24, 2.45) is 0 Å². The molecule has 1 saturated heterocycles. The van der Waals surface area contributed by atoms with Crippen LogP contribution in [0, 0.1) is 6.92 Å². The topological polar surface area (TPSA) is 114 Å². The van der Waals surface area contributed by atoms with E-state index >= 15 is 0 Å². The Bertz CT molecular complexity index is 970. The minimum absolute atomic E-state index is 0.135. The number of nitrogens with one attached hydrogen (secondary N) is 1. The number of aliphatic hydroxyl groups excluding tert-OH is 1. The molecule has 1 aromatic heterocycles. The number of aliphatic hydroxyl groups is 1. The van der Waals surface area contributed by atoms with Gasteiger partial charge in [0, 0.05) is 31.3 Å². The van der Waals surface area contributed by atoms with Gasteiger partial charge in [-0.2, -0.15) is 13.2 Å². The number of aromatic nitrogens is 2. The third-order valence-electron chi connectivity index (χ3n) is 6.19. The second-order valence-corrected chi connectivity index (χ2v) is 14.5. The molecule has 0 saturated carbocycles. The van der Waals surface area contributed by atoms with Gasteiger partial charge in [0.05, 0.1) is 12.7 Å². The van der Waals surface area contributed by atoms with Crippen molar-refractivity contribution in [3.8, 4) is 0 Å². The fourth-order valence-corrected chi connectivity index (χ4v) is 4.67. The molecule has 3 atom stereocenters. The lowest BCUT2D eigenvalue weighted by atomic mass is 10.1. The Balaban J connectivity index is 2.41. The fourth-order valence-electron chi connectivity index (χ4n) is 3.31. The lowest BCUT2D eigenvalue weighted by Gasteiger charge is -2.39. The highest BCUT2D eigenvalue weighted by atomic mass is 28.4. The third kappa shape index (κ3) is 6.34. The SMILES string of the molecule is Cc1cn([C@H]2C[C@H](O[Si](C)(C)C(C)(C)C)[C@@H](CN(CCO)C(=O)C(F)(F)F)O2)c(=O)[nH]c1=O. The summed E-state index contributed by atoms with van der Waals surface area (Å²) in [6, 6.07) is 0. The summed E-state index contributed by atoms with van der Waals surface area (Å²) >= 11 is 0. The van der Waals surface area contributed by atoms with E-state index in [2.05, 4.69) is 4.98 Å². The predicted molar refractivity (Wildman–Crippen MR) is 116 cm³/mol. The van der Waals surface area contributed by atoms with Crippen molar-refractivity contribution in [1.29, 1.82) is 0 Å². The molecule has 2 N–H and O–H groups in total. The summed E-state index contributed by atoms with van der Waals surface area (Å²) in [6.07, 6.45) is -6.27. The van der Waals surface area contributed by atoms with E-state index < -0.39 is 69.8 Å². The molecule has 1 fully saturated rings. The van der Waals surface area contributed by atoms with Crippen LogP contribution < -0.4 is 11.2 Å². The van der Waals surface area contributed by atoms with E-state index in [9.17, 15) is 32.7 Å². The molecule has 0 radical (unpaired) electrons. The van der Waals surface area contributed by atoms with Crippen molar-refractivity contribution >= 4 is 14.2 Å². The first-order chi connectivity index (χ1) is 15.0. The average molecular weight is 496 g/mol. The Kier molecular flexibility index (Phi) is 8.04. The van der Waals surface area contributed by atoms with Crippen molar-refractivity contribution < 1.29 is 32.2 Å². The van der Waals surface area contributed by atoms with Gasteiger partial charge in [-0.3, -0.25) is 19.1 Å². The Labute approximate surface area is 190 Å². The lowest BCUT2D eigenvalue weighted by Crippen LogP contribution is -2.51. The van der Waals surface area contributed by atoms with Gasteiger partial charge in [-0.1, -0.05) is 20.8 Å². The van der Waals surface area contributed by atoms with Crippen LogP contribution in [0.5, 0.6) is 0 Å². The number of rotatable bonds is 7. The molecule has 0 aromatic carbocycles. The van der Waals surface area contributed by atoms with Gasteiger partial charge in [0.25, 0.3) is 5.56 Å². The molecule has 2 heterocycles. The van der Waals surface area contributed by atoms with Gasteiger partial charge in [-0.05, 0) is 25.1 Å². The fraction of sp³-hybridized carbons (Fsp3) is 0.750. The second-order valence-electron chi connectivity index (χ2n) is 9.73. The minimum atomic E-state index is -5.12. The van der Waals surface area contributed by atoms with Gasteiger partial charge >= 0.3 is 17.8 Å². The number of nitrogens with zero attached hydrogens (tertiary/aromatic N) is 2. The summed E-state index contributed by atoms with van der Waals surface area (Å²) in [6.45, 7) is 9.78. The number of H-pyrrole nitrogens is 1. The molecule has 1 aromatic rings. The summed E-state index contributed by atoms with van der Waals surface area (Å²) < 4.78 is 52.7. The molecular weight excluding hydrogens is 463 g/mol. The van der Waals surface area contributed by atoms with Crippen molar-refractivity contribution in [2.45, 2.75) is 76.9 Å². The van der Waals surface area contributed by atoms with Gasteiger partial charge in [0.15, 0.2) is 8.32 Å². The summed E-state index contributed by atoms with van der Waals surface area (Å²) in [4.78, 5) is 38.6. The molecule has 9 nitrogen and oxygen atoms in total. The van der Waals surface area contributed by atoms with E-state index in [1.165, 1.54) is 17.7 Å². The molecule has 33 heavy (non-hydrogen) atoms. The van der Waals surface area contributed by atoms with E-state index in [0.29, 0.717) is 4.90 Å². The van der Waals surface area contributed by atoms with Crippen molar-refractivity contribution in [1.82, 2.24) is 14.5 Å². The molecule has 0 bridgehead atoms. The van der Waals surface area contributed by atoms with Gasteiger partial charge in [-0.25, -0.2) is 4.79 Å². The number of alkyl halides is 3. The zero-order chi connectivity index (χ0) is 25.4. The molecule has 13 heteroatoms. The summed E-state index contributed by atoms with van der Waals surface area (Å²) in [5.41, 5.74) is -1.01. The van der Waals surface area contributed by atoms with Gasteiger partial charge < -0.3 is 19.2 Å². The van der Waals surface area contributed by atoms with Crippen molar-refractivity contribution in [3.05, 3.63) is 32.6 Å². The maximum Gasteiger partial charge on any atom is 0.471 e. The highest BCUT2D eigenvalue weighted by Crippen LogP contribution is 2.41. The molecule has 188 valence electrons. The first kappa shape index (κ1) is 27.3. The Hall–Kier alpha value is -1.96. The van der Waals surface area contributed by atoms with Crippen LogP contribution in [0.1, 0.15) is 39.0 Å². The number of aromatic amines is 1. The van der Waals surface area contributed by atoms with Gasteiger partial charge in [-0.15, -0.1) is 0 Å². The number of hydrogen-bond acceptors (Lipinski definition) is 6. The summed E-state index contributed by atoms with van der Waals surface area (Å²) in [7, 11) is -2.41. The number of amides is 1. The highest BCUT2D eigenvalue weighted by molar-refractivity contribution is 6.74. The molecule has 0 unspecified atom stereocenters. The van der Waals surface area contributed by atoms with Crippen molar-refractivity contribution in [2.75, 3.05) is 19.7 Å². The Morgan fingerprint density at radius 2 is 1.94 bits per heavy atom. The van der Waals surface area contributed by atoms with Gasteiger partial charge in [0.1, 0.15) is 12.3 Å². The van der Waals surface area contributed by atoms with Crippen LogP contribution in [0.3, 0.4) is 0 Å². The average Bonchev–Trinajstić information content (AvgIpc) is 3.03. The number of hydrogen-bond donors (Lipinski definition) is 2. The summed E-state index contributed by atoms with van der Waals surface area (Å²) in [5, 5.41) is 8.99. The number of halogens is 3. The minimum Gasteiger partial charge on any atom is -0.411 e. The van der Waals surface area contributed by atoms with E-state index in [1.807, 2.05) is 33.9 Å². The number of ether oxygens (including phenoxy) is 1.